The van der Waals surface area contributed by atoms with Gasteiger partial charge in [-0.3, -0.25) is 4.79 Å². The van der Waals surface area contributed by atoms with Crippen molar-refractivity contribution in [2.45, 2.75) is 64.2 Å². The number of ether oxygens (including phenoxy) is 1. The van der Waals surface area contributed by atoms with Gasteiger partial charge in [0, 0.05) is 13.1 Å². The molecule has 1 aliphatic carbocycles. The Kier molecular flexibility index (Phi) is 6.24. The van der Waals surface area contributed by atoms with Crippen molar-refractivity contribution in [3.05, 3.63) is 35.9 Å². The highest BCUT2D eigenvalue weighted by molar-refractivity contribution is 5.80. The van der Waals surface area contributed by atoms with E-state index in [0.717, 1.165) is 18.4 Å². The predicted octanol–water partition coefficient (Wildman–Crippen LogP) is 3.77. The van der Waals surface area contributed by atoms with E-state index >= 15 is 0 Å². The zero-order valence-corrected chi connectivity index (χ0v) is 13.3. The molecule has 1 saturated carbocycles. The molecule has 1 amide bonds. The smallest absolute Gasteiger partial charge is 0.251 e. The number of likely N-dealkylation sites (N-methyl/N-ethyl adjacent to an activating group) is 1. The molecule has 1 atom stereocenters. The largest absolute Gasteiger partial charge is 0.364 e. The van der Waals surface area contributed by atoms with Gasteiger partial charge in [0.1, 0.15) is 6.10 Å². The van der Waals surface area contributed by atoms with Gasteiger partial charge in [0.05, 0.1) is 6.61 Å². The van der Waals surface area contributed by atoms with Crippen molar-refractivity contribution < 1.29 is 9.53 Å². The Hall–Kier alpha value is -1.35. The monoisotopic (exact) mass is 289 g/mol. The second kappa shape index (κ2) is 8.18. The Bertz CT molecular complexity index is 424. The van der Waals surface area contributed by atoms with Crippen LogP contribution < -0.4 is 0 Å². The van der Waals surface area contributed by atoms with Gasteiger partial charge in [-0.1, -0.05) is 56.0 Å². The van der Waals surface area contributed by atoms with Crippen molar-refractivity contribution in [3.63, 3.8) is 0 Å². The van der Waals surface area contributed by atoms with E-state index in [1.807, 2.05) is 49.2 Å². The van der Waals surface area contributed by atoms with Crippen LogP contribution >= 0.6 is 0 Å². The summed E-state index contributed by atoms with van der Waals surface area (Å²) >= 11 is 0. The highest BCUT2D eigenvalue weighted by atomic mass is 16.5. The summed E-state index contributed by atoms with van der Waals surface area (Å²) < 4.78 is 5.74. The van der Waals surface area contributed by atoms with Crippen molar-refractivity contribution in [2.75, 3.05) is 7.05 Å². The number of benzene rings is 1. The highest BCUT2D eigenvalue weighted by Crippen LogP contribution is 2.21. The molecule has 0 radical (unpaired) electrons. The van der Waals surface area contributed by atoms with Crippen LogP contribution in [0.4, 0.5) is 0 Å². The minimum Gasteiger partial charge on any atom is -0.364 e. The van der Waals surface area contributed by atoms with E-state index in [0.29, 0.717) is 12.6 Å². The van der Waals surface area contributed by atoms with Crippen LogP contribution in [0.2, 0.25) is 0 Å². The quantitative estimate of drug-likeness (QED) is 0.772. The molecule has 0 aromatic heterocycles. The molecule has 3 heteroatoms. The van der Waals surface area contributed by atoms with E-state index in [-0.39, 0.29) is 12.0 Å². The van der Waals surface area contributed by atoms with Gasteiger partial charge in [0.15, 0.2) is 0 Å². The van der Waals surface area contributed by atoms with Crippen molar-refractivity contribution in [3.8, 4) is 0 Å². The van der Waals surface area contributed by atoms with Crippen LogP contribution in [-0.4, -0.2) is 30.0 Å². The lowest BCUT2D eigenvalue weighted by Crippen LogP contribution is -2.42. The summed E-state index contributed by atoms with van der Waals surface area (Å²) in [6, 6.07) is 10.4. The van der Waals surface area contributed by atoms with Gasteiger partial charge in [-0.15, -0.1) is 0 Å². The van der Waals surface area contributed by atoms with Crippen LogP contribution in [0.15, 0.2) is 30.3 Å². The van der Waals surface area contributed by atoms with Crippen LogP contribution in [0.3, 0.4) is 0 Å². The first kappa shape index (κ1) is 16.0. The number of nitrogens with zero attached hydrogens (tertiary/aromatic N) is 1. The molecule has 21 heavy (non-hydrogen) atoms. The normalized spacial score (nSPS) is 18.0. The van der Waals surface area contributed by atoms with E-state index in [1.165, 1.54) is 25.7 Å². The third kappa shape index (κ3) is 4.85. The molecular formula is C18H27NO2. The maximum atomic E-state index is 12.5. The molecule has 2 rings (SSSR count). The summed E-state index contributed by atoms with van der Waals surface area (Å²) in [4.78, 5) is 14.4. The number of hydrogen-bond donors (Lipinski definition) is 0. The number of carbonyl (C=O) groups is 1. The Morgan fingerprint density at radius 2 is 1.81 bits per heavy atom. The summed E-state index contributed by atoms with van der Waals surface area (Å²) in [7, 11) is 1.93. The number of amides is 1. The summed E-state index contributed by atoms with van der Waals surface area (Å²) in [5.41, 5.74) is 1.11. The SMILES string of the molecule is CC(OCc1ccccc1)C(=O)N(C)C1CCCCCC1. The van der Waals surface area contributed by atoms with Gasteiger partial charge in [0.2, 0.25) is 0 Å². The van der Waals surface area contributed by atoms with Gasteiger partial charge in [-0.05, 0) is 25.3 Å². The average molecular weight is 289 g/mol. The third-order valence-corrected chi connectivity index (χ3v) is 4.41. The van der Waals surface area contributed by atoms with Crippen LogP contribution in [0.1, 0.15) is 51.0 Å². The predicted molar refractivity (Wildman–Crippen MR) is 85.0 cm³/mol. The van der Waals surface area contributed by atoms with Crippen LogP contribution in [0.5, 0.6) is 0 Å². The lowest BCUT2D eigenvalue weighted by atomic mass is 10.1. The molecule has 0 aliphatic heterocycles. The fraction of sp³-hybridized carbons (Fsp3) is 0.611. The molecule has 0 bridgehead atoms. The first-order valence-corrected chi connectivity index (χ1v) is 8.10. The number of rotatable bonds is 5. The lowest BCUT2D eigenvalue weighted by molar-refractivity contribution is -0.144. The minimum absolute atomic E-state index is 0.109. The molecule has 1 aliphatic rings. The second-order valence-electron chi connectivity index (χ2n) is 6.03. The zero-order valence-electron chi connectivity index (χ0n) is 13.3. The van der Waals surface area contributed by atoms with Gasteiger partial charge in [0.25, 0.3) is 5.91 Å². The first-order chi connectivity index (χ1) is 10.2. The van der Waals surface area contributed by atoms with Gasteiger partial charge in [-0.25, -0.2) is 0 Å². The standard InChI is InChI=1S/C18H27NO2/c1-15(21-14-16-10-6-5-7-11-16)18(20)19(2)17-12-8-3-4-9-13-17/h5-7,10-11,15,17H,3-4,8-9,12-14H2,1-2H3. The van der Waals surface area contributed by atoms with Gasteiger partial charge < -0.3 is 9.64 Å². The van der Waals surface area contributed by atoms with Crippen molar-refractivity contribution in [2.24, 2.45) is 0 Å². The zero-order chi connectivity index (χ0) is 15.1. The summed E-state index contributed by atoms with van der Waals surface area (Å²) in [5.74, 6) is 0.109. The fourth-order valence-corrected chi connectivity index (χ4v) is 2.98. The molecule has 0 spiro atoms. The Morgan fingerprint density at radius 3 is 2.43 bits per heavy atom. The summed E-state index contributed by atoms with van der Waals surface area (Å²) in [5, 5.41) is 0. The molecule has 0 N–H and O–H groups in total. The van der Waals surface area contributed by atoms with Crippen molar-refractivity contribution >= 4 is 5.91 Å². The topological polar surface area (TPSA) is 29.5 Å². The Morgan fingerprint density at radius 1 is 1.19 bits per heavy atom. The molecule has 1 unspecified atom stereocenters. The van der Waals surface area contributed by atoms with Gasteiger partial charge >= 0.3 is 0 Å². The van der Waals surface area contributed by atoms with E-state index < -0.39 is 0 Å². The van der Waals surface area contributed by atoms with Crippen molar-refractivity contribution in [1.29, 1.82) is 0 Å². The van der Waals surface area contributed by atoms with Crippen LogP contribution in [0.25, 0.3) is 0 Å². The lowest BCUT2D eigenvalue weighted by Gasteiger charge is -2.29. The van der Waals surface area contributed by atoms with Crippen LogP contribution in [-0.2, 0) is 16.1 Å². The third-order valence-electron chi connectivity index (χ3n) is 4.41. The number of carbonyl (C=O) groups excluding carboxylic acids is 1. The molecule has 1 fully saturated rings. The second-order valence-corrected chi connectivity index (χ2v) is 6.03. The highest BCUT2D eigenvalue weighted by Gasteiger charge is 2.25. The summed E-state index contributed by atoms with van der Waals surface area (Å²) in [6.45, 7) is 2.35. The summed E-state index contributed by atoms with van der Waals surface area (Å²) in [6.07, 6.45) is 6.97. The average Bonchev–Trinajstić information content (AvgIpc) is 2.81. The molecule has 116 valence electrons. The first-order valence-electron chi connectivity index (χ1n) is 8.10. The molecule has 1 aromatic carbocycles. The number of hydrogen-bond acceptors (Lipinski definition) is 2. The van der Waals surface area contributed by atoms with E-state index in [1.54, 1.807) is 0 Å². The van der Waals surface area contributed by atoms with E-state index in [9.17, 15) is 4.79 Å². The van der Waals surface area contributed by atoms with Gasteiger partial charge in [-0.2, -0.15) is 0 Å². The fourth-order valence-electron chi connectivity index (χ4n) is 2.98. The van der Waals surface area contributed by atoms with Crippen LogP contribution in [0, 0.1) is 0 Å². The molecule has 3 nitrogen and oxygen atoms in total. The molecule has 1 aromatic rings. The Balaban J connectivity index is 1.83. The molecular weight excluding hydrogens is 262 g/mol. The van der Waals surface area contributed by atoms with E-state index in [2.05, 4.69) is 0 Å². The maximum absolute atomic E-state index is 12.5. The Labute approximate surface area is 128 Å². The maximum Gasteiger partial charge on any atom is 0.251 e. The minimum atomic E-state index is -0.376. The van der Waals surface area contributed by atoms with E-state index in [4.69, 9.17) is 4.74 Å². The van der Waals surface area contributed by atoms with Crippen molar-refractivity contribution in [1.82, 2.24) is 4.90 Å². The molecule has 0 heterocycles. The molecule has 0 saturated heterocycles.